The largest absolute Gasteiger partial charge is 0.379 e. The van der Waals surface area contributed by atoms with Crippen molar-refractivity contribution in [1.82, 2.24) is 0 Å². The highest BCUT2D eigenvalue weighted by Gasteiger charge is 2.17. The molecule has 1 nitrogen and oxygen atoms in total. The Morgan fingerprint density at radius 1 is 1.20 bits per heavy atom. The third kappa shape index (κ3) is 3.39. The molecule has 1 saturated carbocycles. The maximum Gasteiger partial charge on any atom is 0.0497 e. The molecule has 0 saturated heterocycles. The van der Waals surface area contributed by atoms with Crippen LogP contribution < -0.4 is 5.32 Å². The predicted molar refractivity (Wildman–Crippen MR) is 90.9 cm³/mol. The van der Waals surface area contributed by atoms with Crippen molar-refractivity contribution in [2.24, 2.45) is 0 Å². The molecule has 106 valence electrons. The average Bonchev–Trinajstić information content (AvgIpc) is 3.10. The van der Waals surface area contributed by atoms with Crippen LogP contribution in [-0.4, -0.2) is 5.25 Å². The molecule has 1 aromatic heterocycles. The first-order chi connectivity index (χ1) is 9.83. The lowest BCUT2D eigenvalue weighted by atomic mass is 10.2. The summed E-state index contributed by atoms with van der Waals surface area (Å²) in [5, 5.41) is 6.61. The first-order valence-electron chi connectivity index (χ1n) is 7.35. The van der Waals surface area contributed by atoms with Crippen molar-refractivity contribution in [1.29, 1.82) is 0 Å². The standard InChI is InChI=1S/C17H21NS2/c1-13-10-11-19-17(13)12-18-15-8-4-5-9-16(15)20-14-6-2-3-7-14/h4-5,8-11,14,18H,2-3,6-7,12H2,1H3. The topological polar surface area (TPSA) is 12.0 Å². The van der Waals surface area contributed by atoms with Crippen molar-refractivity contribution < 1.29 is 0 Å². The van der Waals surface area contributed by atoms with E-state index in [1.54, 1.807) is 0 Å². The number of hydrogen-bond donors (Lipinski definition) is 1. The molecule has 20 heavy (non-hydrogen) atoms. The number of anilines is 1. The molecule has 0 amide bonds. The Morgan fingerprint density at radius 2 is 2.00 bits per heavy atom. The summed E-state index contributed by atoms with van der Waals surface area (Å²) in [6.45, 7) is 3.12. The monoisotopic (exact) mass is 303 g/mol. The highest BCUT2D eigenvalue weighted by molar-refractivity contribution is 8.00. The average molecular weight is 303 g/mol. The number of hydrogen-bond acceptors (Lipinski definition) is 3. The Bertz CT molecular complexity index is 556. The fourth-order valence-corrected chi connectivity index (χ4v) is 4.86. The first-order valence-corrected chi connectivity index (χ1v) is 9.11. The normalized spacial score (nSPS) is 15.7. The van der Waals surface area contributed by atoms with Crippen LogP contribution in [0.2, 0.25) is 0 Å². The molecule has 3 rings (SSSR count). The van der Waals surface area contributed by atoms with Gasteiger partial charge in [-0.3, -0.25) is 0 Å². The van der Waals surface area contributed by atoms with E-state index in [1.165, 1.54) is 46.7 Å². The summed E-state index contributed by atoms with van der Waals surface area (Å²) in [4.78, 5) is 2.85. The molecule has 2 aromatic rings. The molecule has 0 spiro atoms. The second kappa shape index (κ2) is 6.68. The Kier molecular flexibility index (Phi) is 4.69. The number of nitrogens with one attached hydrogen (secondary N) is 1. The summed E-state index contributed by atoms with van der Waals surface area (Å²) in [6, 6.07) is 10.9. The van der Waals surface area contributed by atoms with E-state index in [0.29, 0.717) is 0 Å². The van der Waals surface area contributed by atoms with Gasteiger partial charge in [0.1, 0.15) is 0 Å². The summed E-state index contributed by atoms with van der Waals surface area (Å²) in [5.41, 5.74) is 2.68. The van der Waals surface area contributed by atoms with E-state index in [1.807, 2.05) is 11.3 Å². The highest BCUT2D eigenvalue weighted by atomic mass is 32.2. The molecule has 0 unspecified atom stereocenters. The van der Waals surface area contributed by atoms with Gasteiger partial charge in [0.2, 0.25) is 0 Å². The van der Waals surface area contributed by atoms with Crippen molar-refractivity contribution in [3.05, 3.63) is 46.2 Å². The number of aryl methyl sites for hydroxylation is 1. The van der Waals surface area contributed by atoms with Gasteiger partial charge in [-0.25, -0.2) is 0 Å². The molecule has 1 aromatic carbocycles. The van der Waals surface area contributed by atoms with Crippen LogP contribution in [0, 0.1) is 6.92 Å². The van der Waals surface area contributed by atoms with E-state index in [9.17, 15) is 0 Å². The Balaban J connectivity index is 1.67. The van der Waals surface area contributed by atoms with Crippen LogP contribution in [0.5, 0.6) is 0 Å². The van der Waals surface area contributed by atoms with Gasteiger partial charge in [0.05, 0.1) is 0 Å². The summed E-state index contributed by atoms with van der Waals surface area (Å²) < 4.78 is 0. The van der Waals surface area contributed by atoms with Gasteiger partial charge in [0.15, 0.2) is 0 Å². The Hall–Kier alpha value is -0.930. The molecule has 1 heterocycles. The fourth-order valence-electron chi connectivity index (χ4n) is 2.66. The van der Waals surface area contributed by atoms with E-state index in [4.69, 9.17) is 0 Å². The van der Waals surface area contributed by atoms with Crippen LogP contribution in [0.25, 0.3) is 0 Å². The summed E-state index contributed by atoms with van der Waals surface area (Å²) in [5.74, 6) is 0. The van der Waals surface area contributed by atoms with E-state index in [0.717, 1.165) is 11.8 Å². The van der Waals surface area contributed by atoms with Crippen LogP contribution in [-0.2, 0) is 6.54 Å². The van der Waals surface area contributed by atoms with Crippen LogP contribution in [0.15, 0.2) is 40.6 Å². The second-order valence-corrected chi connectivity index (χ2v) is 7.74. The highest BCUT2D eigenvalue weighted by Crippen LogP contribution is 2.38. The molecule has 1 aliphatic rings. The van der Waals surface area contributed by atoms with Crippen LogP contribution in [0.4, 0.5) is 5.69 Å². The van der Waals surface area contributed by atoms with Crippen LogP contribution in [0.1, 0.15) is 36.1 Å². The van der Waals surface area contributed by atoms with Gasteiger partial charge in [0.25, 0.3) is 0 Å². The van der Waals surface area contributed by atoms with Crippen molar-refractivity contribution in [2.75, 3.05) is 5.32 Å². The smallest absolute Gasteiger partial charge is 0.0497 e. The summed E-state index contributed by atoms with van der Waals surface area (Å²) in [6.07, 6.45) is 5.56. The molecular formula is C17H21NS2. The fraction of sp³-hybridized carbons (Fsp3) is 0.412. The van der Waals surface area contributed by atoms with Crippen molar-refractivity contribution in [3.8, 4) is 0 Å². The van der Waals surface area contributed by atoms with Crippen LogP contribution >= 0.6 is 23.1 Å². The van der Waals surface area contributed by atoms with Gasteiger partial charge in [-0.2, -0.15) is 0 Å². The molecule has 0 aliphatic heterocycles. The number of thioether (sulfide) groups is 1. The van der Waals surface area contributed by atoms with Gasteiger partial charge >= 0.3 is 0 Å². The molecule has 0 radical (unpaired) electrons. The SMILES string of the molecule is Cc1ccsc1CNc1ccccc1SC1CCCC1. The van der Waals surface area contributed by atoms with Gasteiger partial charge in [-0.15, -0.1) is 23.1 Å². The zero-order valence-electron chi connectivity index (χ0n) is 11.9. The van der Waals surface area contributed by atoms with E-state index < -0.39 is 0 Å². The van der Waals surface area contributed by atoms with Crippen molar-refractivity contribution in [2.45, 2.75) is 49.3 Å². The minimum absolute atomic E-state index is 0.821. The first kappa shape index (κ1) is 14.0. The number of rotatable bonds is 5. The lowest BCUT2D eigenvalue weighted by Gasteiger charge is -2.14. The molecule has 0 bridgehead atoms. The van der Waals surface area contributed by atoms with Gasteiger partial charge in [0, 0.05) is 27.3 Å². The maximum absolute atomic E-state index is 3.62. The van der Waals surface area contributed by atoms with Gasteiger partial charge in [-0.1, -0.05) is 25.0 Å². The molecule has 3 heteroatoms. The van der Waals surface area contributed by atoms with E-state index >= 15 is 0 Å². The van der Waals surface area contributed by atoms with Crippen molar-refractivity contribution in [3.63, 3.8) is 0 Å². The minimum atomic E-state index is 0.821. The second-order valence-electron chi connectivity index (χ2n) is 5.40. The molecule has 1 aliphatic carbocycles. The number of para-hydroxylation sites is 1. The summed E-state index contributed by atoms with van der Waals surface area (Å²) in [7, 11) is 0. The third-order valence-electron chi connectivity index (χ3n) is 3.89. The zero-order valence-corrected chi connectivity index (χ0v) is 13.5. The third-order valence-corrected chi connectivity index (χ3v) is 6.33. The van der Waals surface area contributed by atoms with E-state index in [-0.39, 0.29) is 0 Å². The van der Waals surface area contributed by atoms with Crippen LogP contribution in [0.3, 0.4) is 0 Å². The van der Waals surface area contributed by atoms with E-state index in [2.05, 4.69) is 59.7 Å². The summed E-state index contributed by atoms with van der Waals surface area (Å²) >= 11 is 3.90. The Labute approximate surface area is 129 Å². The number of thiophene rings is 1. The van der Waals surface area contributed by atoms with Crippen molar-refractivity contribution >= 4 is 28.8 Å². The molecule has 0 atom stereocenters. The zero-order chi connectivity index (χ0) is 13.8. The molecule has 1 fully saturated rings. The lowest BCUT2D eigenvalue weighted by molar-refractivity contribution is 0.886. The Morgan fingerprint density at radius 3 is 2.75 bits per heavy atom. The molecular weight excluding hydrogens is 282 g/mol. The lowest BCUT2D eigenvalue weighted by Crippen LogP contribution is -2.01. The quantitative estimate of drug-likeness (QED) is 0.760. The maximum atomic E-state index is 3.62. The van der Waals surface area contributed by atoms with Gasteiger partial charge in [-0.05, 0) is 48.9 Å². The predicted octanol–water partition coefficient (Wildman–Crippen LogP) is 5.70. The number of benzene rings is 1. The molecule has 1 N–H and O–H groups in total. The minimum Gasteiger partial charge on any atom is -0.379 e. The van der Waals surface area contributed by atoms with Gasteiger partial charge < -0.3 is 5.32 Å².